The minimum atomic E-state index is -0.195. The average Bonchev–Trinajstić information content (AvgIpc) is 2.56. The van der Waals surface area contributed by atoms with Gasteiger partial charge < -0.3 is 10.2 Å². The van der Waals surface area contributed by atoms with E-state index in [9.17, 15) is 4.79 Å². The van der Waals surface area contributed by atoms with Crippen LogP contribution in [0.25, 0.3) is 0 Å². The number of hydrogen-bond donors (Lipinski definition) is 1. The van der Waals surface area contributed by atoms with E-state index in [0.717, 1.165) is 24.8 Å². The second-order valence-corrected chi connectivity index (χ2v) is 5.62. The summed E-state index contributed by atoms with van der Waals surface area (Å²) in [6, 6.07) is 5.17. The second kappa shape index (κ2) is 6.51. The number of amides is 1. The van der Waals surface area contributed by atoms with Gasteiger partial charge in [-0.3, -0.25) is 9.78 Å². The topological polar surface area (TPSA) is 71.0 Å². The lowest BCUT2D eigenvalue weighted by Gasteiger charge is -2.31. The number of carbonyl (C=O) groups is 1. The van der Waals surface area contributed by atoms with Crippen LogP contribution in [0, 0.1) is 5.92 Å². The number of aromatic nitrogens is 3. The molecule has 22 heavy (non-hydrogen) atoms. The summed E-state index contributed by atoms with van der Waals surface area (Å²) >= 11 is 0. The number of piperidine rings is 1. The van der Waals surface area contributed by atoms with E-state index in [2.05, 4.69) is 32.1 Å². The van der Waals surface area contributed by atoms with Gasteiger partial charge in [0, 0.05) is 37.1 Å². The molecule has 2 aromatic heterocycles. The van der Waals surface area contributed by atoms with Crippen molar-refractivity contribution in [3.05, 3.63) is 42.5 Å². The Balaban J connectivity index is 1.70. The first kappa shape index (κ1) is 14.4. The minimum absolute atomic E-state index is 0.195. The Morgan fingerprint density at radius 3 is 2.68 bits per heavy atom. The molecule has 0 saturated carbocycles. The molecule has 0 aromatic carbocycles. The molecule has 0 aliphatic carbocycles. The number of carbonyl (C=O) groups excluding carboxylic acids is 1. The van der Waals surface area contributed by atoms with Crippen LogP contribution in [-0.4, -0.2) is 33.9 Å². The number of nitrogens with zero attached hydrogens (tertiary/aromatic N) is 4. The molecule has 3 heterocycles. The van der Waals surface area contributed by atoms with E-state index < -0.39 is 0 Å². The van der Waals surface area contributed by atoms with Crippen LogP contribution >= 0.6 is 0 Å². The lowest BCUT2D eigenvalue weighted by Crippen LogP contribution is -2.33. The fourth-order valence-electron chi connectivity index (χ4n) is 2.52. The summed E-state index contributed by atoms with van der Waals surface area (Å²) in [4.78, 5) is 26.7. The highest BCUT2D eigenvalue weighted by atomic mass is 16.1. The van der Waals surface area contributed by atoms with Crippen LogP contribution in [-0.2, 0) is 0 Å². The van der Waals surface area contributed by atoms with Gasteiger partial charge in [0.1, 0.15) is 18.0 Å². The molecule has 1 N–H and O–H groups in total. The predicted molar refractivity (Wildman–Crippen MR) is 84.8 cm³/mol. The summed E-state index contributed by atoms with van der Waals surface area (Å²) in [7, 11) is 0. The number of anilines is 2. The van der Waals surface area contributed by atoms with Gasteiger partial charge in [0.2, 0.25) is 0 Å². The van der Waals surface area contributed by atoms with Crippen LogP contribution in [0.3, 0.4) is 0 Å². The zero-order valence-corrected chi connectivity index (χ0v) is 12.6. The molecule has 1 aliphatic rings. The van der Waals surface area contributed by atoms with Gasteiger partial charge in [-0.15, -0.1) is 0 Å². The summed E-state index contributed by atoms with van der Waals surface area (Å²) in [6.07, 6.45) is 7.02. The molecule has 0 bridgehead atoms. The Labute approximate surface area is 129 Å². The molecule has 1 aliphatic heterocycles. The molecule has 0 unspecified atom stereocenters. The van der Waals surface area contributed by atoms with Crippen LogP contribution < -0.4 is 10.2 Å². The summed E-state index contributed by atoms with van der Waals surface area (Å²) in [5.74, 6) is 1.96. The van der Waals surface area contributed by atoms with Crippen molar-refractivity contribution in [1.29, 1.82) is 0 Å². The second-order valence-electron chi connectivity index (χ2n) is 5.62. The van der Waals surface area contributed by atoms with Crippen molar-refractivity contribution in [3.63, 3.8) is 0 Å². The Morgan fingerprint density at radius 1 is 1.23 bits per heavy atom. The van der Waals surface area contributed by atoms with E-state index in [1.54, 1.807) is 24.5 Å². The molecular formula is C16H19N5O. The molecular weight excluding hydrogens is 278 g/mol. The van der Waals surface area contributed by atoms with E-state index >= 15 is 0 Å². The third-order valence-electron chi connectivity index (χ3n) is 3.94. The van der Waals surface area contributed by atoms with Crippen LogP contribution in [0.4, 0.5) is 11.6 Å². The van der Waals surface area contributed by atoms with Gasteiger partial charge >= 0.3 is 0 Å². The Hall–Kier alpha value is -2.50. The van der Waals surface area contributed by atoms with Crippen molar-refractivity contribution >= 4 is 17.5 Å². The van der Waals surface area contributed by atoms with Crippen LogP contribution in [0.1, 0.15) is 30.1 Å². The van der Waals surface area contributed by atoms with Crippen LogP contribution in [0.2, 0.25) is 0 Å². The minimum Gasteiger partial charge on any atom is -0.356 e. The van der Waals surface area contributed by atoms with E-state index in [-0.39, 0.29) is 5.91 Å². The summed E-state index contributed by atoms with van der Waals surface area (Å²) < 4.78 is 0. The van der Waals surface area contributed by atoms with Crippen molar-refractivity contribution in [1.82, 2.24) is 15.0 Å². The van der Waals surface area contributed by atoms with Gasteiger partial charge in [-0.1, -0.05) is 6.92 Å². The third kappa shape index (κ3) is 3.39. The van der Waals surface area contributed by atoms with E-state index in [4.69, 9.17) is 0 Å². The van der Waals surface area contributed by atoms with Crippen molar-refractivity contribution in [2.24, 2.45) is 5.92 Å². The Kier molecular flexibility index (Phi) is 4.27. The number of hydrogen-bond acceptors (Lipinski definition) is 5. The van der Waals surface area contributed by atoms with E-state index in [1.807, 2.05) is 6.07 Å². The summed E-state index contributed by atoms with van der Waals surface area (Å²) in [6.45, 7) is 4.27. The van der Waals surface area contributed by atoms with Gasteiger partial charge in [0.15, 0.2) is 0 Å². The first-order valence-corrected chi connectivity index (χ1v) is 7.51. The van der Waals surface area contributed by atoms with Gasteiger partial charge in [0.05, 0.1) is 0 Å². The van der Waals surface area contributed by atoms with Crippen molar-refractivity contribution < 1.29 is 4.79 Å². The highest BCUT2D eigenvalue weighted by Gasteiger charge is 2.17. The maximum atomic E-state index is 12.1. The highest BCUT2D eigenvalue weighted by molar-refractivity contribution is 6.03. The van der Waals surface area contributed by atoms with E-state index in [0.29, 0.717) is 11.4 Å². The van der Waals surface area contributed by atoms with Crippen molar-refractivity contribution in [2.75, 3.05) is 23.3 Å². The largest absolute Gasteiger partial charge is 0.356 e. The number of pyridine rings is 1. The quantitative estimate of drug-likeness (QED) is 0.941. The smallest absolute Gasteiger partial charge is 0.256 e. The van der Waals surface area contributed by atoms with Crippen LogP contribution in [0.5, 0.6) is 0 Å². The zero-order valence-electron chi connectivity index (χ0n) is 12.6. The van der Waals surface area contributed by atoms with Crippen molar-refractivity contribution in [3.8, 4) is 0 Å². The maximum absolute atomic E-state index is 12.1. The monoisotopic (exact) mass is 297 g/mol. The fraction of sp³-hybridized carbons (Fsp3) is 0.375. The standard InChI is InChI=1S/C16H19N5O/c1-12-4-8-21(9-5-12)15-10-14(18-11-19-15)20-16(22)13-2-6-17-7-3-13/h2-3,6-7,10-12H,4-5,8-9H2,1H3,(H,18,19,20,22). The highest BCUT2D eigenvalue weighted by Crippen LogP contribution is 2.22. The molecule has 6 heteroatoms. The Morgan fingerprint density at radius 2 is 1.95 bits per heavy atom. The lowest BCUT2D eigenvalue weighted by molar-refractivity contribution is 0.102. The zero-order chi connectivity index (χ0) is 15.4. The molecule has 1 amide bonds. The number of rotatable bonds is 3. The lowest BCUT2D eigenvalue weighted by atomic mass is 9.99. The molecule has 3 rings (SSSR count). The predicted octanol–water partition coefficient (Wildman–Crippen LogP) is 2.36. The molecule has 1 saturated heterocycles. The van der Waals surface area contributed by atoms with Gasteiger partial charge in [-0.25, -0.2) is 9.97 Å². The molecule has 1 fully saturated rings. The van der Waals surface area contributed by atoms with Crippen molar-refractivity contribution in [2.45, 2.75) is 19.8 Å². The first-order valence-electron chi connectivity index (χ1n) is 7.51. The maximum Gasteiger partial charge on any atom is 0.256 e. The Bertz CT molecular complexity index is 638. The molecule has 114 valence electrons. The SMILES string of the molecule is CC1CCN(c2cc(NC(=O)c3ccncc3)ncn2)CC1. The molecule has 0 radical (unpaired) electrons. The van der Waals surface area contributed by atoms with Crippen LogP contribution in [0.15, 0.2) is 36.9 Å². The fourth-order valence-corrected chi connectivity index (χ4v) is 2.52. The summed E-state index contributed by atoms with van der Waals surface area (Å²) in [5.41, 5.74) is 0.557. The molecule has 0 atom stereocenters. The van der Waals surface area contributed by atoms with Gasteiger partial charge in [-0.2, -0.15) is 0 Å². The van der Waals surface area contributed by atoms with Gasteiger partial charge in [0.25, 0.3) is 5.91 Å². The van der Waals surface area contributed by atoms with Gasteiger partial charge in [-0.05, 0) is 30.9 Å². The number of nitrogens with one attached hydrogen (secondary N) is 1. The molecule has 6 nitrogen and oxygen atoms in total. The molecule has 0 spiro atoms. The van der Waals surface area contributed by atoms with E-state index in [1.165, 1.54) is 19.2 Å². The molecule has 2 aromatic rings. The average molecular weight is 297 g/mol. The third-order valence-corrected chi connectivity index (χ3v) is 3.94. The first-order chi connectivity index (χ1) is 10.7. The normalized spacial score (nSPS) is 15.6. The summed E-state index contributed by atoms with van der Waals surface area (Å²) in [5, 5.41) is 2.80.